The summed E-state index contributed by atoms with van der Waals surface area (Å²) in [6.07, 6.45) is 19.9. The van der Waals surface area contributed by atoms with E-state index in [2.05, 4.69) is 37.4 Å². The van der Waals surface area contributed by atoms with Gasteiger partial charge >= 0.3 is 44.1 Å². The Kier molecular flexibility index (Phi) is 23.0. The quantitative estimate of drug-likeness (QED) is 0.0193. The number of hydrogen-bond acceptors (Lipinski definition) is 15. The number of carbonyl (C=O) groups excluding carboxylic acids is 3. The van der Waals surface area contributed by atoms with Crippen molar-refractivity contribution in [2.75, 3.05) is 35.0 Å². The first-order chi connectivity index (χ1) is 34.2. The predicted octanol–water partition coefficient (Wildman–Crippen LogP) is 9.49. The van der Waals surface area contributed by atoms with E-state index in [9.17, 15) is 24.6 Å². The maximum Gasteiger partial charge on any atom is 0.493 e. The third kappa shape index (κ3) is 18.0. The number of benzene rings is 1. The van der Waals surface area contributed by atoms with Gasteiger partial charge in [0.25, 0.3) is 0 Å². The molecule has 1 aliphatic heterocycles. The average molecular weight is 1050 g/mol. The lowest BCUT2D eigenvalue weighted by molar-refractivity contribution is -0.159. The van der Waals surface area contributed by atoms with Crippen LogP contribution < -0.4 is 0 Å². The third-order valence-corrected chi connectivity index (χ3v) is 27.2. The fourth-order valence-electron chi connectivity index (χ4n) is 11.3. The van der Waals surface area contributed by atoms with Crippen LogP contribution in [0.25, 0.3) is 6.08 Å². The highest BCUT2D eigenvalue weighted by atomic mass is 28.5. The average Bonchev–Trinajstić information content (AvgIpc) is 4.18. The molecule has 400 valence electrons. The van der Waals surface area contributed by atoms with Crippen LogP contribution in [0.5, 0.6) is 0 Å². The molecular weight excluding hydrogens is 961 g/mol. The second-order valence-electron chi connectivity index (χ2n) is 21.0. The van der Waals surface area contributed by atoms with Gasteiger partial charge in [-0.05, 0) is 163 Å². The summed E-state index contributed by atoms with van der Waals surface area (Å²) in [5, 5.41) is 22.5. The van der Waals surface area contributed by atoms with Gasteiger partial charge in [0.2, 0.25) is 0 Å². The molecule has 1 saturated heterocycles. The van der Waals surface area contributed by atoms with Crippen molar-refractivity contribution < 1.29 is 69.5 Å². The van der Waals surface area contributed by atoms with Gasteiger partial charge in [-0.3, -0.25) is 4.79 Å². The molecule has 18 heteroatoms. The molecule has 5 aliphatic rings. The maximum absolute atomic E-state index is 13.0. The molecule has 5 fully saturated rings. The van der Waals surface area contributed by atoms with Crippen LogP contribution in [0.2, 0.25) is 24.7 Å². The van der Waals surface area contributed by atoms with Crippen LogP contribution in [-0.2, 0) is 59.3 Å². The Morgan fingerprint density at radius 2 is 1.27 bits per heavy atom. The molecular formula is C53H86O15Si3. The van der Waals surface area contributed by atoms with E-state index in [-0.39, 0.29) is 30.8 Å². The zero-order valence-electron chi connectivity index (χ0n) is 43.4. The Balaban J connectivity index is 1.03. The summed E-state index contributed by atoms with van der Waals surface area (Å²) in [5.74, 6) is 0.100. The Morgan fingerprint density at radius 1 is 0.662 bits per heavy atom. The van der Waals surface area contributed by atoms with E-state index in [0.717, 1.165) is 56.2 Å². The largest absolute Gasteiger partial charge is 0.493 e. The van der Waals surface area contributed by atoms with Crippen molar-refractivity contribution in [3.05, 3.63) is 54.1 Å². The zero-order valence-corrected chi connectivity index (χ0v) is 46.4. The summed E-state index contributed by atoms with van der Waals surface area (Å²) in [5.41, 5.74) is 2.31. The molecule has 4 aliphatic carbocycles. The number of hydrogen-bond donors (Lipinski definition) is 2. The maximum atomic E-state index is 13.0. The van der Waals surface area contributed by atoms with Gasteiger partial charge < -0.3 is 55.1 Å². The van der Waals surface area contributed by atoms with Crippen molar-refractivity contribution in [2.45, 2.75) is 202 Å². The van der Waals surface area contributed by atoms with Crippen molar-refractivity contribution in [1.82, 2.24) is 0 Å². The highest BCUT2D eigenvalue weighted by Gasteiger charge is 2.56. The Labute approximate surface area is 427 Å². The molecule has 0 bridgehead atoms. The van der Waals surface area contributed by atoms with Gasteiger partial charge in [-0.2, -0.15) is 0 Å². The summed E-state index contributed by atoms with van der Waals surface area (Å²) in [6.45, 7) is 5.75. The molecule has 0 amide bonds. The van der Waals surface area contributed by atoms with Gasteiger partial charge in [-0.15, -0.1) is 0 Å². The molecule has 1 aromatic rings. The topological polar surface area (TPSA) is 187 Å². The van der Waals surface area contributed by atoms with Crippen molar-refractivity contribution in [3.63, 3.8) is 0 Å². The van der Waals surface area contributed by atoms with Crippen molar-refractivity contribution in [1.29, 1.82) is 0 Å². The standard InChI is InChI=1S/C53H86O15Si3/c1-7-51(56)63-32-13-9-12-16-52(57)65-47-25-19-40(36-45(47)54)30-34-70(60-3,61-4)68-71(62-5,67-69(6,59-2)33-29-42-21-27-49-50(38-42)64-49)35-31-41-20-26-48(46(55)37-41)66-53(58)28-22-39-17-23-44(24-18-39)43-14-10-8-11-15-43/h7,17-18,22-24,28,40-43,45-50,54-55H,1,8-16,19-21,25-27,29-38H2,2-6H3/b28-22+. The minimum atomic E-state index is -3.64. The highest BCUT2D eigenvalue weighted by Crippen LogP contribution is 2.43. The van der Waals surface area contributed by atoms with Crippen LogP contribution in [0.1, 0.15) is 152 Å². The van der Waals surface area contributed by atoms with Crippen LogP contribution in [0.15, 0.2) is 43.0 Å². The number of epoxide rings is 1. The number of aliphatic hydroxyl groups excluding tert-OH is 2. The van der Waals surface area contributed by atoms with E-state index in [1.165, 1.54) is 43.7 Å². The van der Waals surface area contributed by atoms with Gasteiger partial charge in [0.1, 0.15) is 12.2 Å². The number of unbranched alkanes of at least 4 members (excludes halogenated alkanes) is 2. The third-order valence-electron chi connectivity index (χ3n) is 16.0. The number of ether oxygens (including phenoxy) is 4. The normalized spacial score (nSPS) is 28.8. The van der Waals surface area contributed by atoms with Gasteiger partial charge in [0.15, 0.2) is 0 Å². The number of rotatable bonds is 29. The summed E-state index contributed by atoms with van der Waals surface area (Å²) in [6, 6.07) is 10.1. The van der Waals surface area contributed by atoms with Crippen LogP contribution in [0.4, 0.5) is 0 Å². The van der Waals surface area contributed by atoms with Crippen LogP contribution in [0, 0.1) is 17.8 Å². The number of carbonyl (C=O) groups is 3. The van der Waals surface area contributed by atoms with E-state index in [0.29, 0.717) is 93.9 Å². The molecule has 11 atom stereocenters. The number of fused-ring (bicyclic) bond motifs is 1. The summed E-state index contributed by atoms with van der Waals surface area (Å²) < 4.78 is 62.1. The van der Waals surface area contributed by atoms with E-state index in [4.69, 9.17) is 44.9 Å². The lowest BCUT2D eigenvalue weighted by Crippen LogP contribution is -2.62. The molecule has 15 nitrogen and oxygen atoms in total. The smallest absolute Gasteiger partial charge is 0.463 e. The Hall–Kier alpha value is -2.60. The lowest BCUT2D eigenvalue weighted by Gasteiger charge is -2.42. The first kappa shape index (κ1) is 57.7. The molecule has 1 heterocycles. The second kappa shape index (κ2) is 28.3. The number of aliphatic hydroxyl groups is 2. The predicted molar refractivity (Wildman–Crippen MR) is 275 cm³/mol. The Bertz CT molecular complexity index is 1840. The first-order valence-electron chi connectivity index (χ1n) is 26.8. The van der Waals surface area contributed by atoms with Crippen molar-refractivity contribution >= 4 is 50.2 Å². The fraction of sp³-hybridized carbons (Fsp3) is 0.755. The van der Waals surface area contributed by atoms with Crippen LogP contribution >= 0.6 is 0 Å². The van der Waals surface area contributed by atoms with E-state index < -0.39 is 62.5 Å². The van der Waals surface area contributed by atoms with Crippen molar-refractivity contribution in [2.24, 2.45) is 17.8 Å². The van der Waals surface area contributed by atoms with Gasteiger partial charge in [0, 0.05) is 59.1 Å². The highest BCUT2D eigenvalue weighted by molar-refractivity contribution is 6.82. The lowest BCUT2D eigenvalue weighted by atomic mass is 9.84. The van der Waals surface area contributed by atoms with Gasteiger partial charge in [-0.25, -0.2) is 9.59 Å². The first-order valence-corrected chi connectivity index (χ1v) is 33.2. The van der Waals surface area contributed by atoms with Gasteiger partial charge in [0.05, 0.1) is 31.0 Å². The van der Waals surface area contributed by atoms with E-state index >= 15 is 0 Å². The number of esters is 3. The molecule has 11 unspecified atom stereocenters. The molecule has 1 aromatic carbocycles. The SMILES string of the molecule is C=CC(=O)OCCCCCC(=O)OC1CCC(CC[Si](OC)(OC)O[Si](CCC2CCC(OC(=O)/C=C/c3ccc(C4CCCCC4)cc3)C(O)C2)(OC)O[Si](C)(CCC2CCC3OC3C2)OC)CC1O. The molecule has 6 rings (SSSR count). The Morgan fingerprint density at radius 3 is 1.87 bits per heavy atom. The minimum Gasteiger partial charge on any atom is -0.463 e. The fourth-order valence-corrected chi connectivity index (χ4v) is 23.2. The van der Waals surface area contributed by atoms with Gasteiger partial charge in [-0.1, -0.05) is 50.1 Å². The molecule has 2 N–H and O–H groups in total. The van der Waals surface area contributed by atoms with E-state index in [1.807, 2.05) is 0 Å². The molecule has 0 radical (unpaired) electrons. The van der Waals surface area contributed by atoms with Crippen LogP contribution in [0.3, 0.4) is 0 Å². The summed E-state index contributed by atoms with van der Waals surface area (Å²) in [4.78, 5) is 36.9. The molecule has 4 saturated carbocycles. The molecule has 0 aromatic heterocycles. The summed E-state index contributed by atoms with van der Waals surface area (Å²) >= 11 is 0. The van der Waals surface area contributed by atoms with Crippen molar-refractivity contribution in [3.8, 4) is 0 Å². The monoisotopic (exact) mass is 1050 g/mol. The summed E-state index contributed by atoms with van der Waals surface area (Å²) in [7, 11) is -3.46. The minimum absolute atomic E-state index is 0.0949. The second-order valence-corrected chi connectivity index (χ2v) is 30.8. The van der Waals surface area contributed by atoms with Crippen LogP contribution in [-0.4, -0.2) is 126 Å². The molecule has 71 heavy (non-hydrogen) atoms. The zero-order chi connectivity index (χ0) is 50.9. The van der Waals surface area contributed by atoms with E-state index in [1.54, 1.807) is 34.5 Å². The molecule has 0 spiro atoms.